The number of benzene rings is 1. The van der Waals surface area contributed by atoms with Gasteiger partial charge < -0.3 is 10.4 Å². The lowest BCUT2D eigenvalue weighted by molar-refractivity contribution is 0.450. The summed E-state index contributed by atoms with van der Waals surface area (Å²) in [7, 11) is 0. The lowest BCUT2D eigenvalue weighted by Gasteiger charge is -2.15. The standard InChI is InChI=1S/C14H21NO/c1-11(13-6-2-3-7-14(13)16)15-10-4-5-12-8-9-12/h2-3,6-7,11-12,15-16H,4-5,8-10H2,1H3. The van der Waals surface area contributed by atoms with E-state index in [4.69, 9.17) is 0 Å². The van der Waals surface area contributed by atoms with Crippen LogP contribution in [0.4, 0.5) is 0 Å². The van der Waals surface area contributed by atoms with Gasteiger partial charge in [-0.3, -0.25) is 0 Å². The van der Waals surface area contributed by atoms with Crippen molar-refractivity contribution in [3.05, 3.63) is 29.8 Å². The van der Waals surface area contributed by atoms with Crippen LogP contribution in [0.15, 0.2) is 24.3 Å². The number of para-hydroxylation sites is 1. The monoisotopic (exact) mass is 219 g/mol. The smallest absolute Gasteiger partial charge is 0.120 e. The first-order valence-corrected chi connectivity index (χ1v) is 6.28. The van der Waals surface area contributed by atoms with Gasteiger partial charge in [0, 0.05) is 11.6 Å². The Kier molecular flexibility index (Phi) is 3.83. The minimum absolute atomic E-state index is 0.236. The second-order valence-corrected chi connectivity index (χ2v) is 4.82. The molecule has 0 aromatic heterocycles. The highest BCUT2D eigenvalue weighted by Crippen LogP contribution is 2.33. The van der Waals surface area contributed by atoms with Gasteiger partial charge in [0.2, 0.25) is 0 Å². The number of nitrogens with one attached hydrogen (secondary N) is 1. The van der Waals surface area contributed by atoms with E-state index in [1.807, 2.05) is 18.2 Å². The molecule has 88 valence electrons. The van der Waals surface area contributed by atoms with Crippen LogP contribution in [0.1, 0.15) is 44.2 Å². The van der Waals surface area contributed by atoms with Crippen molar-refractivity contribution in [1.29, 1.82) is 0 Å². The fourth-order valence-electron chi connectivity index (χ4n) is 2.08. The maximum Gasteiger partial charge on any atom is 0.120 e. The molecule has 1 fully saturated rings. The molecule has 0 amide bonds. The highest BCUT2D eigenvalue weighted by molar-refractivity contribution is 5.33. The predicted molar refractivity (Wildman–Crippen MR) is 66.5 cm³/mol. The molecule has 0 aliphatic heterocycles. The fourth-order valence-corrected chi connectivity index (χ4v) is 2.08. The first-order valence-electron chi connectivity index (χ1n) is 6.28. The van der Waals surface area contributed by atoms with E-state index in [-0.39, 0.29) is 6.04 Å². The molecule has 2 nitrogen and oxygen atoms in total. The lowest BCUT2D eigenvalue weighted by atomic mass is 10.1. The molecular weight excluding hydrogens is 198 g/mol. The molecule has 0 spiro atoms. The molecule has 2 heteroatoms. The van der Waals surface area contributed by atoms with Crippen LogP contribution in [0.2, 0.25) is 0 Å². The molecule has 0 bridgehead atoms. The van der Waals surface area contributed by atoms with Gasteiger partial charge in [-0.1, -0.05) is 31.0 Å². The van der Waals surface area contributed by atoms with Gasteiger partial charge in [-0.15, -0.1) is 0 Å². The van der Waals surface area contributed by atoms with Gasteiger partial charge in [0.15, 0.2) is 0 Å². The average molecular weight is 219 g/mol. The van der Waals surface area contributed by atoms with Gasteiger partial charge in [0.25, 0.3) is 0 Å². The van der Waals surface area contributed by atoms with E-state index in [1.165, 1.54) is 25.7 Å². The van der Waals surface area contributed by atoms with Crippen LogP contribution in [0.25, 0.3) is 0 Å². The summed E-state index contributed by atoms with van der Waals surface area (Å²) in [6.45, 7) is 3.15. The SMILES string of the molecule is CC(NCCCC1CC1)c1ccccc1O. The predicted octanol–water partition coefficient (Wildman–Crippen LogP) is 3.23. The van der Waals surface area contributed by atoms with Gasteiger partial charge in [0.05, 0.1) is 0 Å². The number of hydrogen-bond donors (Lipinski definition) is 2. The Bertz CT molecular complexity index is 333. The molecule has 16 heavy (non-hydrogen) atoms. The molecule has 1 aliphatic carbocycles. The van der Waals surface area contributed by atoms with Crippen molar-refractivity contribution in [3.8, 4) is 5.75 Å². The largest absolute Gasteiger partial charge is 0.508 e. The Hall–Kier alpha value is -1.02. The third kappa shape index (κ3) is 3.24. The summed E-state index contributed by atoms with van der Waals surface area (Å²) in [6.07, 6.45) is 5.49. The fraction of sp³-hybridized carbons (Fsp3) is 0.571. The van der Waals surface area contributed by atoms with Gasteiger partial charge in [-0.25, -0.2) is 0 Å². The molecule has 0 saturated heterocycles. The summed E-state index contributed by atoms with van der Waals surface area (Å²) in [5, 5.41) is 13.2. The molecule has 1 aromatic carbocycles. The zero-order valence-corrected chi connectivity index (χ0v) is 9.95. The number of rotatable bonds is 6. The van der Waals surface area contributed by atoms with Crippen LogP contribution in [0.3, 0.4) is 0 Å². The summed E-state index contributed by atoms with van der Waals surface area (Å²) < 4.78 is 0. The molecule has 1 aromatic rings. The zero-order chi connectivity index (χ0) is 11.4. The first-order chi connectivity index (χ1) is 7.77. The Morgan fingerprint density at radius 2 is 2.12 bits per heavy atom. The molecule has 2 rings (SSSR count). The normalized spacial score (nSPS) is 17.3. The maximum atomic E-state index is 9.70. The Morgan fingerprint density at radius 1 is 1.38 bits per heavy atom. The molecule has 1 aliphatic rings. The van der Waals surface area contributed by atoms with Gasteiger partial charge in [-0.2, -0.15) is 0 Å². The highest BCUT2D eigenvalue weighted by atomic mass is 16.3. The van der Waals surface area contributed by atoms with Crippen LogP contribution in [-0.4, -0.2) is 11.7 Å². The first kappa shape index (κ1) is 11.5. The number of aromatic hydroxyl groups is 1. The number of phenols is 1. The molecule has 1 saturated carbocycles. The minimum atomic E-state index is 0.236. The van der Waals surface area contributed by atoms with Crippen molar-refractivity contribution in [2.45, 2.75) is 38.6 Å². The van der Waals surface area contributed by atoms with Gasteiger partial charge in [-0.05, 0) is 38.3 Å². The summed E-state index contributed by atoms with van der Waals surface area (Å²) in [4.78, 5) is 0. The topological polar surface area (TPSA) is 32.3 Å². The molecule has 1 unspecified atom stereocenters. The summed E-state index contributed by atoms with van der Waals surface area (Å²) in [5.74, 6) is 1.41. The van der Waals surface area contributed by atoms with Gasteiger partial charge >= 0.3 is 0 Å². The summed E-state index contributed by atoms with van der Waals surface area (Å²) in [6, 6.07) is 7.79. The summed E-state index contributed by atoms with van der Waals surface area (Å²) in [5.41, 5.74) is 0.994. The van der Waals surface area contributed by atoms with Crippen LogP contribution in [0.5, 0.6) is 5.75 Å². The maximum absolute atomic E-state index is 9.70. The minimum Gasteiger partial charge on any atom is -0.508 e. The second kappa shape index (κ2) is 5.35. The van der Waals surface area contributed by atoms with E-state index >= 15 is 0 Å². The highest BCUT2D eigenvalue weighted by Gasteiger charge is 2.20. The van der Waals surface area contributed by atoms with Crippen molar-refractivity contribution in [3.63, 3.8) is 0 Å². The summed E-state index contributed by atoms with van der Waals surface area (Å²) >= 11 is 0. The Balaban J connectivity index is 1.73. The zero-order valence-electron chi connectivity index (χ0n) is 9.95. The molecule has 0 radical (unpaired) electrons. The van der Waals surface area contributed by atoms with E-state index in [2.05, 4.69) is 12.2 Å². The van der Waals surface area contributed by atoms with Crippen LogP contribution in [-0.2, 0) is 0 Å². The van der Waals surface area contributed by atoms with E-state index in [9.17, 15) is 5.11 Å². The van der Waals surface area contributed by atoms with Crippen molar-refractivity contribution < 1.29 is 5.11 Å². The third-order valence-corrected chi connectivity index (χ3v) is 3.34. The van der Waals surface area contributed by atoms with E-state index < -0.39 is 0 Å². The number of phenolic OH excluding ortho intramolecular Hbond substituents is 1. The van der Waals surface area contributed by atoms with Crippen molar-refractivity contribution in [2.75, 3.05) is 6.54 Å². The molecule has 2 N–H and O–H groups in total. The molecule has 0 heterocycles. The van der Waals surface area contributed by atoms with Gasteiger partial charge in [0.1, 0.15) is 5.75 Å². The van der Waals surface area contributed by atoms with Crippen LogP contribution < -0.4 is 5.32 Å². The van der Waals surface area contributed by atoms with E-state index in [0.717, 1.165) is 18.0 Å². The van der Waals surface area contributed by atoms with Crippen LogP contribution >= 0.6 is 0 Å². The van der Waals surface area contributed by atoms with Crippen molar-refractivity contribution in [2.24, 2.45) is 5.92 Å². The lowest BCUT2D eigenvalue weighted by Crippen LogP contribution is -2.19. The second-order valence-electron chi connectivity index (χ2n) is 4.82. The average Bonchev–Trinajstić information content (AvgIpc) is 3.08. The Morgan fingerprint density at radius 3 is 2.81 bits per heavy atom. The van der Waals surface area contributed by atoms with E-state index in [0.29, 0.717) is 5.75 Å². The Labute approximate surface area is 97.7 Å². The number of hydrogen-bond acceptors (Lipinski definition) is 2. The molecule has 1 atom stereocenters. The molecular formula is C14H21NO. The van der Waals surface area contributed by atoms with Crippen molar-refractivity contribution >= 4 is 0 Å². The quantitative estimate of drug-likeness (QED) is 0.720. The third-order valence-electron chi connectivity index (χ3n) is 3.34. The van der Waals surface area contributed by atoms with Crippen molar-refractivity contribution in [1.82, 2.24) is 5.32 Å². The van der Waals surface area contributed by atoms with Crippen LogP contribution in [0, 0.1) is 5.92 Å². The van der Waals surface area contributed by atoms with E-state index in [1.54, 1.807) is 6.07 Å².